The molecular formula is C31H28N2O7S. The molecule has 10 heteroatoms. The first kappa shape index (κ1) is 26.6. The largest absolute Gasteiger partial charge is 0.507 e. The van der Waals surface area contributed by atoms with Gasteiger partial charge in [-0.3, -0.25) is 14.5 Å². The van der Waals surface area contributed by atoms with E-state index in [-0.39, 0.29) is 17.4 Å². The molecule has 0 unspecified atom stereocenters. The minimum Gasteiger partial charge on any atom is -0.507 e. The van der Waals surface area contributed by atoms with Gasteiger partial charge < -0.3 is 24.1 Å². The summed E-state index contributed by atoms with van der Waals surface area (Å²) in [5.74, 6) is -0.115. The van der Waals surface area contributed by atoms with Crippen LogP contribution in [0, 0.1) is 6.92 Å². The summed E-state index contributed by atoms with van der Waals surface area (Å²) in [5, 5.41) is 12.0. The van der Waals surface area contributed by atoms with Gasteiger partial charge in [0.1, 0.15) is 17.6 Å². The van der Waals surface area contributed by atoms with Crippen LogP contribution in [0.15, 0.2) is 54.1 Å². The minimum atomic E-state index is -1.02. The highest BCUT2D eigenvalue weighted by Gasteiger charge is 2.48. The maximum absolute atomic E-state index is 13.7. The quantitative estimate of drug-likeness (QED) is 0.181. The molecule has 9 nitrogen and oxygen atoms in total. The summed E-state index contributed by atoms with van der Waals surface area (Å²) in [6, 6.07) is 13.4. The summed E-state index contributed by atoms with van der Waals surface area (Å²) in [6.07, 6.45) is 0.682. The Kier molecular flexibility index (Phi) is 6.57. The van der Waals surface area contributed by atoms with E-state index in [1.54, 1.807) is 30.3 Å². The minimum absolute atomic E-state index is 0.00915. The number of benzene rings is 3. The van der Waals surface area contributed by atoms with Gasteiger partial charge in [0.05, 0.1) is 43.2 Å². The van der Waals surface area contributed by atoms with Crippen molar-refractivity contribution >= 4 is 44.1 Å². The molecule has 3 aromatic carbocycles. The van der Waals surface area contributed by atoms with E-state index >= 15 is 0 Å². The Hall–Kier alpha value is -4.57. The molecule has 0 aliphatic carbocycles. The molecule has 1 N–H and O–H groups in total. The van der Waals surface area contributed by atoms with Crippen LogP contribution in [0.5, 0.6) is 23.0 Å². The molecule has 0 bridgehead atoms. The van der Waals surface area contributed by atoms with Crippen molar-refractivity contribution in [2.45, 2.75) is 32.4 Å². The maximum atomic E-state index is 13.7. The van der Waals surface area contributed by atoms with Gasteiger partial charge in [-0.15, -0.1) is 0 Å². The number of aromatic nitrogens is 1. The fourth-order valence-electron chi connectivity index (χ4n) is 5.45. The number of methoxy groups -OCH3 is 3. The zero-order valence-corrected chi connectivity index (χ0v) is 24.0. The first-order chi connectivity index (χ1) is 19.7. The fraction of sp³-hybridized carbons (Fsp3) is 0.258. The van der Waals surface area contributed by atoms with Crippen molar-refractivity contribution in [2.24, 2.45) is 0 Å². The second-order valence-electron chi connectivity index (χ2n) is 10.1. The second kappa shape index (κ2) is 10.1. The molecule has 1 saturated heterocycles. The average Bonchev–Trinajstić information content (AvgIpc) is 3.63. The Balaban J connectivity index is 1.59. The van der Waals surface area contributed by atoms with Gasteiger partial charge in [-0.05, 0) is 73.0 Å². The van der Waals surface area contributed by atoms with Gasteiger partial charge in [-0.25, -0.2) is 4.98 Å². The van der Waals surface area contributed by atoms with Crippen molar-refractivity contribution in [3.8, 4) is 23.0 Å². The van der Waals surface area contributed by atoms with Crippen LogP contribution in [0.3, 0.4) is 0 Å². The van der Waals surface area contributed by atoms with Crippen molar-refractivity contribution in [3.05, 3.63) is 76.4 Å². The standard InChI is InChI=1S/C31H28N2O7S/c1-15-6-8-20-24(10-15)41-31(32-20)33-26(19-13-22(37-3)29(39-5)23(14-19)38-4)25(28(35)30(33)36)27(34)17-7-9-21-18(12-17)11-16(2)40-21/h6-10,12-14,16,26,34H,11H2,1-5H3/t16-,26+/m1/s1. The van der Waals surface area contributed by atoms with Gasteiger partial charge in [0.15, 0.2) is 16.6 Å². The molecular weight excluding hydrogens is 544 g/mol. The third-order valence-electron chi connectivity index (χ3n) is 7.36. The summed E-state index contributed by atoms with van der Waals surface area (Å²) in [4.78, 5) is 33.5. The van der Waals surface area contributed by atoms with Crippen LogP contribution in [0.2, 0.25) is 0 Å². The van der Waals surface area contributed by atoms with Gasteiger partial charge in [-0.1, -0.05) is 17.4 Å². The van der Waals surface area contributed by atoms with E-state index in [0.717, 1.165) is 21.6 Å². The highest BCUT2D eigenvalue weighted by Crippen LogP contribution is 2.48. The van der Waals surface area contributed by atoms with Crippen molar-refractivity contribution in [1.29, 1.82) is 0 Å². The number of amides is 1. The summed E-state index contributed by atoms with van der Waals surface area (Å²) < 4.78 is 23.3. The molecule has 2 aliphatic heterocycles. The lowest BCUT2D eigenvalue weighted by Gasteiger charge is -2.24. The SMILES string of the molecule is COc1cc([C@H]2C(=C(O)c3ccc4c(c3)C[C@@H](C)O4)C(=O)C(=O)N2c2nc3ccc(C)cc3s2)cc(OC)c1OC. The van der Waals surface area contributed by atoms with Crippen LogP contribution in [0.25, 0.3) is 16.0 Å². The first-order valence-corrected chi connectivity index (χ1v) is 13.8. The number of hydrogen-bond acceptors (Lipinski definition) is 9. The van der Waals surface area contributed by atoms with Crippen molar-refractivity contribution in [3.63, 3.8) is 0 Å². The number of aryl methyl sites for hydroxylation is 1. The van der Waals surface area contributed by atoms with Crippen LogP contribution in [-0.2, 0) is 16.0 Å². The van der Waals surface area contributed by atoms with Crippen molar-refractivity contribution < 1.29 is 33.6 Å². The molecule has 1 aromatic heterocycles. The van der Waals surface area contributed by atoms with Crippen molar-refractivity contribution in [2.75, 3.05) is 26.2 Å². The first-order valence-electron chi connectivity index (χ1n) is 13.0. The highest BCUT2D eigenvalue weighted by atomic mass is 32.1. The number of rotatable bonds is 6. The molecule has 6 rings (SSSR count). The Morgan fingerprint density at radius 3 is 2.44 bits per heavy atom. The maximum Gasteiger partial charge on any atom is 0.301 e. The van der Waals surface area contributed by atoms with Gasteiger partial charge in [0.2, 0.25) is 5.75 Å². The molecule has 0 radical (unpaired) electrons. The van der Waals surface area contributed by atoms with Gasteiger partial charge in [0.25, 0.3) is 5.78 Å². The number of ketones is 1. The molecule has 3 heterocycles. The lowest BCUT2D eigenvalue weighted by atomic mass is 9.94. The lowest BCUT2D eigenvalue weighted by molar-refractivity contribution is -0.132. The topological polar surface area (TPSA) is 107 Å². The van der Waals surface area contributed by atoms with Gasteiger partial charge in [0, 0.05) is 12.0 Å². The third kappa shape index (κ3) is 4.35. The van der Waals surface area contributed by atoms with E-state index in [1.165, 1.54) is 37.6 Å². The van der Waals surface area contributed by atoms with E-state index < -0.39 is 17.7 Å². The fourth-order valence-corrected chi connectivity index (χ4v) is 6.54. The predicted octanol–water partition coefficient (Wildman–Crippen LogP) is 5.58. The zero-order chi connectivity index (χ0) is 29.0. The molecule has 210 valence electrons. The zero-order valence-electron chi connectivity index (χ0n) is 23.2. The van der Waals surface area contributed by atoms with Crippen LogP contribution in [0.1, 0.15) is 35.2 Å². The molecule has 4 aromatic rings. The second-order valence-corrected chi connectivity index (χ2v) is 11.1. The molecule has 0 spiro atoms. The molecule has 1 fully saturated rings. The number of nitrogens with zero attached hydrogens (tertiary/aromatic N) is 2. The van der Waals surface area contributed by atoms with E-state index in [2.05, 4.69) is 0 Å². The number of ether oxygens (including phenoxy) is 4. The number of thiazole rings is 1. The van der Waals surface area contributed by atoms with E-state index in [9.17, 15) is 14.7 Å². The lowest BCUT2D eigenvalue weighted by Crippen LogP contribution is -2.29. The van der Waals surface area contributed by atoms with E-state index in [1.807, 2.05) is 32.0 Å². The van der Waals surface area contributed by atoms with E-state index in [0.29, 0.717) is 45.4 Å². The Bertz CT molecular complexity index is 1730. The monoisotopic (exact) mass is 572 g/mol. The molecule has 41 heavy (non-hydrogen) atoms. The Morgan fingerprint density at radius 1 is 1.02 bits per heavy atom. The average molecular weight is 573 g/mol. The molecule has 2 aliphatic rings. The number of carbonyl (C=O) groups is 2. The molecule has 0 saturated carbocycles. The number of Topliss-reactive ketones (excluding diaryl/α,β-unsaturated/α-hetero) is 1. The number of fused-ring (bicyclic) bond motifs is 2. The number of aliphatic hydroxyl groups excluding tert-OH is 1. The normalized spacial score (nSPS) is 19.4. The van der Waals surface area contributed by atoms with Crippen LogP contribution in [0.4, 0.5) is 5.13 Å². The number of aliphatic hydroxyl groups is 1. The third-order valence-corrected chi connectivity index (χ3v) is 8.37. The predicted molar refractivity (Wildman–Crippen MR) is 155 cm³/mol. The summed E-state index contributed by atoms with van der Waals surface area (Å²) in [6.45, 7) is 3.94. The summed E-state index contributed by atoms with van der Waals surface area (Å²) >= 11 is 1.30. The van der Waals surface area contributed by atoms with Gasteiger partial charge in [-0.2, -0.15) is 0 Å². The molecule has 2 atom stereocenters. The number of carbonyl (C=O) groups excluding carboxylic acids is 2. The Labute approximate surface area is 240 Å². The van der Waals surface area contributed by atoms with Crippen LogP contribution in [-0.4, -0.2) is 49.2 Å². The Morgan fingerprint density at radius 2 is 1.76 bits per heavy atom. The van der Waals surface area contributed by atoms with E-state index in [4.69, 9.17) is 23.9 Å². The van der Waals surface area contributed by atoms with Crippen LogP contribution < -0.4 is 23.8 Å². The number of hydrogen-bond donors (Lipinski definition) is 1. The smallest absolute Gasteiger partial charge is 0.301 e. The summed E-state index contributed by atoms with van der Waals surface area (Å²) in [5.41, 5.74) is 3.50. The van der Waals surface area contributed by atoms with Crippen LogP contribution >= 0.6 is 11.3 Å². The number of anilines is 1. The van der Waals surface area contributed by atoms with Crippen molar-refractivity contribution in [1.82, 2.24) is 4.98 Å². The van der Waals surface area contributed by atoms with Gasteiger partial charge >= 0.3 is 5.91 Å². The summed E-state index contributed by atoms with van der Waals surface area (Å²) in [7, 11) is 4.47. The highest BCUT2D eigenvalue weighted by molar-refractivity contribution is 7.22. The molecule has 1 amide bonds.